The highest BCUT2D eigenvalue weighted by atomic mass is 31.2. The summed E-state index contributed by atoms with van der Waals surface area (Å²) in [4.78, 5) is 37.7. The van der Waals surface area contributed by atoms with Gasteiger partial charge < -0.3 is 19.4 Å². The first-order valence-corrected chi connectivity index (χ1v) is 32.5. The van der Waals surface area contributed by atoms with E-state index in [1.807, 2.05) is 33.3 Å². The zero-order valence-electron chi connectivity index (χ0n) is 48.9. The van der Waals surface area contributed by atoms with Crippen molar-refractivity contribution in [1.29, 1.82) is 0 Å². The third-order valence-corrected chi connectivity index (χ3v) is 14.8. The summed E-state index contributed by atoms with van der Waals surface area (Å²) in [5.41, 5.74) is 0. The monoisotopic (exact) mass is 1050 g/mol. The number of hydrogen-bond acceptors (Lipinski definition) is 6. The van der Waals surface area contributed by atoms with Gasteiger partial charge >= 0.3 is 13.8 Å². The normalized spacial score (nSPS) is 14.0. The Morgan fingerprint density at radius 3 is 1.27 bits per heavy atom. The van der Waals surface area contributed by atoms with Gasteiger partial charge in [-0.1, -0.05) is 256 Å². The Bertz CT molecular complexity index is 1390. The van der Waals surface area contributed by atoms with Crippen LogP contribution in [-0.4, -0.2) is 74.3 Å². The second-order valence-electron chi connectivity index (χ2n) is 22.2. The summed E-state index contributed by atoms with van der Waals surface area (Å²) in [6.07, 6.45) is 65.3. The van der Waals surface area contributed by atoms with Gasteiger partial charge in [0.25, 0.3) is 0 Å². The maximum atomic E-state index is 13.5. The van der Waals surface area contributed by atoms with E-state index >= 15 is 0 Å². The van der Waals surface area contributed by atoms with Crippen LogP contribution >= 0.6 is 7.82 Å². The second kappa shape index (κ2) is 53.4. The van der Waals surface area contributed by atoms with E-state index < -0.39 is 20.0 Å². The Hall–Kier alpha value is -2.03. The second-order valence-corrected chi connectivity index (χ2v) is 23.7. The standard InChI is InChI=1S/C63H119N2O7P/c1-7-10-13-16-19-22-25-27-29-31-32-34-36-38-41-44-47-50-53-56-63(67)72-61(54-51-48-45-42-39-24-21-18-15-12-9-3)60(59-71-73(68,69)70-58-57-65(4,5)6)64-62(66)55-52-49-46-43-40-37-35-33-30-28-26-23-20-17-14-11-8-2/h19,22,27,29,32,34,51,54,60-61H,7-18,20-21,23-26,28,30-31,33,35-50,52-53,55-59H2,1-6H3,(H-,64,66,68,69)/p+1/b22-19-,29-27-,34-32-,54-51+. The van der Waals surface area contributed by atoms with Crippen LogP contribution in [0.3, 0.4) is 0 Å². The van der Waals surface area contributed by atoms with E-state index in [-0.39, 0.29) is 31.5 Å². The van der Waals surface area contributed by atoms with E-state index in [9.17, 15) is 19.0 Å². The number of ether oxygens (including phenoxy) is 1. The lowest BCUT2D eigenvalue weighted by atomic mass is 10.0. The molecule has 10 heteroatoms. The van der Waals surface area contributed by atoms with Gasteiger partial charge in [-0.3, -0.25) is 18.6 Å². The first kappa shape index (κ1) is 71.0. The molecule has 0 radical (unpaired) electrons. The fraction of sp³-hybridized carbons (Fsp3) is 0.841. The van der Waals surface area contributed by atoms with E-state index in [0.29, 0.717) is 17.4 Å². The lowest BCUT2D eigenvalue weighted by Crippen LogP contribution is -2.47. The van der Waals surface area contributed by atoms with Crippen molar-refractivity contribution in [2.75, 3.05) is 40.9 Å². The molecule has 428 valence electrons. The highest BCUT2D eigenvalue weighted by Gasteiger charge is 2.30. The molecule has 0 fully saturated rings. The summed E-state index contributed by atoms with van der Waals surface area (Å²) >= 11 is 0. The third kappa shape index (κ3) is 54.6. The quantitative estimate of drug-likeness (QED) is 0.0205. The van der Waals surface area contributed by atoms with Crippen LogP contribution in [-0.2, 0) is 27.9 Å². The van der Waals surface area contributed by atoms with Crippen molar-refractivity contribution in [3.63, 3.8) is 0 Å². The lowest BCUT2D eigenvalue weighted by molar-refractivity contribution is -0.870. The number of carbonyl (C=O) groups is 2. The summed E-state index contributed by atoms with van der Waals surface area (Å²) < 4.78 is 30.7. The van der Waals surface area contributed by atoms with Crippen molar-refractivity contribution in [2.45, 2.75) is 303 Å². The van der Waals surface area contributed by atoms with E-state index in [1.165, 1.54) is 173 Å². The predicted octanol–water partition coefficient (Wildman–Crippen LogP) is 18.9. The SMILES string of the molecule is CCCCC/C=C\C/C=C\C/C=C\CCCCCCCCC(=O)OC(/C=C/CCCCCCCCCCC)C(COP(=O)(O)OCC[N+](C)(C)C)NC(=O)CCCCCCCCCCCCCCCCCCC. The highest BCUT2D eigenvalue weighted by Crippen LogP contribution is 2.43. The molecule has 1 amide bonds. The summed E-state index contributed by atoms with van der Waals surface area (Å²) in [6, 6.07) is -0.851. The third-order valence-electron chi connectivity index (χ3n) is 13.8. The molecular formula is C63H120N2O7P+. The molecule has 0 rings (SSSR count). The summed E-state index contributed by atoms with van der Waals surface area (Å²) in [6.45, 7) is 7.00. The van der Waals surface area contributed by atoms with Crippen molar-refractivity contribution in [1.82, 2.24) is 5.32 Å². The number of phosphoric ester groups is 1. The van der Waals surface area contributed by atoms with Crippen LogP contribution in [0.4, 0.5) is 0 Å². The van der Waals surface area contributed by atoms with Gasteiger partial charge in [-0.25, -0.2) is 4.57 Å². The Morgan fingerprint density at radius 2 is 0.836 bits per heavy atom. The Kier molecular flexibility index (Phi) is 51.9. The highest BCUT2D eigenvalue weighted by molar-refractivity contribution is 7.47. The number of carbonyl (C=O) groups excluding carboxylic acids is 2. The van der Waals surface area contributed by atoms with Gasteiger partial charge in [0.15, 0.2) is 0 Å². The molecule has 0 aliphatic heterocycles. The Labute approximate surface area is 452 Å². The average molecular weight is 1050 g/mol. The minimum absolute atomic E-state index is 0.0390. The van der Waals surface area contributed by atoms with Gasteiger partial charge in [0, 0.05) is 12.8 Å². The number of nitrogens with zero attached hydrogens (tertiary/aromatic N) is 1. The first-order chi connectivity index (χ1) is 35.4. The number of nitrogens with one attached hydrogen (secondary N) is 1. The van der Waals surface area contributed by atoms with Gasteiger partial charge in [-0.15, -0.1) is 0 Å². The fourth-order valence-electron chi connectivity index (χ4n) is 8.95. The molecule has 0 aliphatic carbocycles. The molecule has 0 saturated carbocycles. The van der Waals surface area contributed by atoms with Crippen molar-refractivity contribution in [2.24, 2.45) is 0 Å². The van der Waals surface area contributed by atoms with Gasteiger partial charge in [-0.05, 0) is 70.3 Å². The maximum Gasteiger partial charge on any atom is 0.472 e. The zero-order valence-corrected chi connectivity index (χ0v) is 49.8. The largest absolute Gasteiger partial charge is 0.472 e. The van der Waals surface area contributed by atoms with E-state index in [0.717, 1.165) is 83.5 Å². The van der Waals surface area contributed by atoms with Crippen LogP contribution < -0.4 is 5.32 Å². The fourth-order valence-corrected chi connectivity index (χ4v) is 9.68. The topological polar surface area (TPSA) is 111 Å². The molecule has 3 unspecified atom stereocenters. The number of rotatable bonds is 56. The number of amides is 1. The average Bonchev–Trinajstić information content (AvgIpc) is 3.35. The lowest BCUT2D eigenvalue weighted by Gasteiger charge is -2.27. The molecule has 0 aromatic carbocycles. The van der Waals surface area contributed by atoms with Crippen LogP contribution in [0.15, 0.2) is 48.6 Å². The molecule has 0 aromatic rings. The molecule has 2 N–H and O–H groups in total. The number of phosphoric acid groups is 1. The van der Waals surface area contributed by atoms with Gasteiger partial charge in [0.2, 0.25) is 5.91 Å². The van der Waals surface area contributed by atoms with Crippen molar-refractivity contribution in [3.8, 4) is 0 Å². The summed E-state index contributed by atoms with van der Waals surface area (Å²) in [5, 5.41) is 3.05. The zero-order chi connectivity index (χ0) is 53.6. The van der Waals surface area contributed by atoms with Crippen molar-refractivity contribution < 1.29 is 37.3 Å². The van der Waals surface area contributed by atoms with Gasteiger partial charge in [-0.2, -0.15) is 0 Å². The van der Waals surface area contributed by atoms with E-state index in [2.05, 4.69) is 62.5 Å². The number of allylic oxidation sites excluding steroid dienone is 7. The Morgan fingerprint density at radius 1 is 0.479 bits per heavy atom. The number of unbranched alkanes of at least 4 members (excludes halogenated alkanes) is 34. The smallest absolute Gasteiger partial charge is 0.456 e. The first-order valence-electron chi connectivity index (χ1n) is 31.0. The molecule has 3 atom stereocenters. The van der Waals surface area contributed by atoms with Crippen LogP contribution in [0, 0.1) is 0 Å². The molecule has 0 spiro atoms. The molecule has 73 heavy (non-hydrogen) atoms. The number of likely N-dealkylation sites (N-methyl/N-ethyl adjacent to an activating group) is 1. The van der Waals surface area contributed by atoms with Crippen LogP contribution in [0.1, 0.15) is 290 Å². The van der Waals surface area contributed by atoms with E-state index in [1.54, 1.807) is 0 Å². The maximum absolute atomic E-state index is 13.5. The van der Waals surface area contributed by atoms with Gasteiger partial charge in [0.1, 0.15) is 19.3 Å². The molecule has 9 nitrogen and oxygen atoms in total. The van der Waals surface area contributed by atoms with Crippen LogP contribution in [0.25, 0.3) is 0 Å². The minimum Gasteiger partial charge on any atom is -0.456 e. The molecule has 0 saturated heterocycles. The predicted molar refractivity (Wildman–Crippen MR) is 314 cm³/mol. The van der Waals surface area contributed by atoms with Crippen LogP contribution in [0.5, 0.6) is 0 Å². The molecule has 0 bridgehead atoms. The molecule has 0 heterocycles. The molecular weight excluding hydrogens is 928 g/mol. The number of hydrogen-bond donors (Lipinski definition) is 2. The summed E-state index contributed by atoms with van der Waals surface area (Å²) in [5.74, 6) is -0.510. The van der Waals surface area contributed by atoms with Crippen molar-refractivity contribution >= 4 is 19.7 Å². The van der Waals surface area contributed by atoms with E-state index in [4.69, 9.17) is 13.8 Å². The number of esters is 1. The Balaban J connectivity index is 5.24. The molecule has 0 aromatic heterocycles. The number of quaternary nitrogens is 1. The van der Waals surface area contributed by atoms with Crippen molar-refractivity contribution in [3.05, 3.63) is 48.6 Å². The summed E-state index contributed by atoms with van der Waals surface area (Å²) in [7, 11) is 1.49. The minimum atomic E-state index is -4.45. The molecule has 0 aliphatic rings. The van der Waals surface area contributed by atoms with Gasteiger partial charge in [0.05, 0.1) is 33.8 Å². The van der Waals surface area contributed by atoms with Crippen LogP contribution in [0.2, 0.25) is 0 Å².